The van der Waals surface area contributed by atoms with Gasteiger partial charge in [-0.15, -0.1) is 0 Å². The molecule has 1 aliphatic heterocycles. The molecule has 0 atom stereocenters. The monoisotopic (exact) mass is 422 g/mol. The molecule has 4 rings (SSSR count). The van der Waals surface area contributed by atoms with E-state index in [1.54, 1.807) is 7.11 Å². The van der Waals surface area contributed by atoms with E-state index in [4.69, 9.17) is 20.4 Å². The summed E-state index contributed by atoms with van der Waals surface area (Å²) in [5.74, 6) is 1.37. The number of nitrogens with zero attached hydrogens (tertiary/aromatic N) is 3. The van der Waals surface area contributed by atoms with Gasteiger partial charge in [-0.2, -0.15) is 5.26 Å². The third-order valence-corrected chi connectivity index (χ3v) is 5.95. The lowest BCUT2D eigenvalue weighted by atomic mass is 9.83. The third-order valence-electron chi connectivity index (χ3n) is 5.95. The van der Waals surface area contributed by atoms with Crippen LogP contribution < -0.4 is 10.5 Å². The maximum absolute atomic E-state index is 12.8. The van der Waals surface area contributed by atoms with Crippen LogP contribution in [0.25, 0.3) is 11.1 Å². The largest absolute Gasteiger partial charge is 0.496 e. The molecule has 0 bridgehead atoms. The van der Waals surface area contributed by atoms with Crippen molar-refractivity contribution in [1.29, 1.82) is 5.26 Å². The number of pyridine rings is 1. The number of hydrogen-bond donors (Lipinski definition) is 2. The zero-order valence-electron chi connectivity index (χ0n) is 17.7. The minimum absolute atomic E-state index is 0.154. The van der Waals surface area contributed by atoms with Gasteiger partial charge in [0.15, 0.2) is 0 Å². The fourth-order valence-corrected chi connectivity index (χ4v) is 4.09. The molecule has 8 heteroatoms. The van der Waals surface area contributed by atoms with E-state index in [-0.39, 0.29) is 24.1 Å². The van der Waals surface area contributed by atoms with E-state index in [1.165, 1.54) is 0 Å². The molecule has 2 aromatic rings. The lowest BCUT2D eigenvalue weighted by Gasteiger charge is -2.35. The number of fused-ring (bicyclic) bond motifs is 1. The number of anilines is 1. The number of amides is 1. The standard InChI is InChI=1S/C22H24N4O2.CH2O2/c1-13-6-7-15(10-19(13)28-2)20-16(11-23)21(24)25-18-8-9-26(12-17(18)20)22(27)14-4-3-5-14;2-1-3/h6-7,10,14H,3-5,8-9,12H2,1-2H3,(H2,24,25);1H,(H,2,3). The van der Waals surface area contributed by atoms with Crippen LogP contribution in [-0.4, -0.2) is 41.0 Å². The average molecular weight is 422 g/mol. The zero-order valence-corrected chi connectivity index (χ0v) is 17.7. The highest BCUT2D eigenvalue weighted by Gasteiger charge is 2.33. The van der Waals surface area contributed by atoms with Gasteiger partial charge in [-0.3, -0.25) is 9.59 Å². The number of nitrogens with two attached hydrogens (primary N) is 1. The number of benzene rings is 1. The van der Waals surface area contributed by atoms with Crippen molar-refractivity contribution in [2.75, 3.05) is 19.4 Å². The highest BCUT2D eigenvalue weighted by Crippen LogP contribution is 2.38. The van der Waals surface area contributed by atoms with Crippen LogP contribution in [0.1, 0.15) is 41.6 Å². The van der Waals surface area contributed by atoms with Gasteiger partial charge in [-0.25, -0.2) is 4.98 Å². The number of nitriles is 1. The fraction of sp³-hybridized carbons (Fsp3) is 0.391. The van der Waals surface area contributed by atoms with Crippen LogP contribution in [0.15, 0.2) is 18.2 Å². The number of rotatable bonds is 3. The molecule has 8 nitrogen and oxygen atoms in total. The number of aromatic nitrogens is 1. The number of aryl methyl sites for hydroxylation is 1. The number of carbonyl (C=O) groups excluding carboxylic acids is 1. The van der Waals surface area contributed by atoms with Crippen molar-refractivity contribution in [3.63, 3.8) is 0 Å². The first-order valence-corrected chi connectivity index (χ1v) is 10.2. The van der Waals surface area contributed by atoms with Crippen molar-refractivity contribution in [2.45, 2.75) is 39.2 Å². The Bertz CT molecular complexity index is 1040. The van der Waals surface area contributed by atoms with Crippen LogP contribution in [0.5, 0.6) is 5.75 Å². The average Bonchev–Trinajstić information content (AvgIpc) is 2.72. The predicted molar refractivity (Wildman–Crippen MR) is 115 cm³/mol. The Kier molecular flexibility index (Phi) is 6.75. The lowest BCUT2D eigenvalue weighted by molar-refractivity contribution is -0.139. The van der Waals surface area contributed by atoms with Gasteiger partial charge in [-0.05, 0) is 37.0 Å². The molecule has 1 aromatic carbocycles. The molecule has 1 saturated carbocycles. The van der Waals surface area contributed by atoms with Crippen LogP contribution in [0.2, 0.25) is 0 Å². The summed E-state index contributed by atoms with van der Waals surface area (Å²) in [5, 5.41) is 16.7. The smallest absolute Gasteiger partial charge is 0.290 e. The summed E-state index contributed by atoms with van der Waals surface area (Å²) in [7, 11) is 1.63. The van der Waals surface area contributed by atoms with Gasteiger partial charge in [0.25, 0.3) is 6.47 Å². The molecule has 0 radical (unpaired) electrons. The van der Waals surface area contributed by atoms with Gasteiger partial charge in [0, 0.05) is 36.6 Å². The molecule has 2 aliphatic rings. The Morgan fingerprint density at radius 1 is 1.42 bits per heavy atom. The van der Waals surface area contributed by atoms with E-state index < -0.39 is 0 Å². The summed E-state index contributed by atoms with van der Waals surface area (Å²) >= 11 is 0. The van der Waals surface area contributed by atoms with E-state index in [0.717, 1.165) is 53.0 Å². The van der Waals surface area contributed by atoms with Crippen molar-refractivity contribution in [3.8, 4) is 22.9 Å². The van der Waals surface area contributed by atoms with Crippen LogP contribution in [0, 0.1) is 24.2 Å². The van der Waals surface area contributed by atoms with Gasteiger partial charge < -0.3 is 20.5 Å². The number of nitrogen functional groups attached to an aromatic ring is 1. The second-order valence-corrected chi connectivity index (χ2v) is 7.71. The molecule has 0 saturated heterocycles. The highest BCUT2D eigenvalue weighted by molar-refractivity contribution is 5.83. The Morgan fingerprint density at radius 2 is 2.13 bits per heavy atom. The van der Waals surface area contributed by atoms with Gasteiger partial charge in [0.2, 0.25) is 5.91 Å². The summed E-state index contributed by atoms with van der Waals surface area (Å²) < 4.78 is 5.47. The van der Waals surface area contributed by atoms with Crippen molar-refractivity contribution >= 4 is 18.2 Å². The lowest BCUT2D eigenvalue weighted by Crippen LogP contribution is -2.42. The Morgan fingerprint density at radius 3 is 2.71 bits per heavy atom. The zero-order chi connectivity index (χ0) is 22.5. The van der Waals surface area contributed by atoms with E-state index in [2.05, 4.69) is 11.1 Å². The normalized spacial score (nSPS) is 14.9. The van der Waals surface area contributed by atoms with Gasteiger partial charge in [0.1, 0.15) is 23.2 Å². The summed E-state index contributed by atoms with van der Waals surface area (Å²) in [6.07, 6.45) is 3.74. The quantitative estimate of drug-likeness (QED) is 0.727. The second-order valence-electron chi connectivity index (χ2n) is 7.71. The molecule has 31 heavy (non-hydrogen) atoms. The van der Waals surface area contributed by atoms with Crippen molar-refractivity contribution in [1.82, 2.24) is 9.88 Å². The first-order valence-electron chi connectivity index (χ1n) is 10.2. The van der Waals surface area contributed by atoms with Crippen LogP contribution in [0.3, 0.4) is 0 Å². The van der Waals surface area contributed by atoms with Crippen molar-refractivity contribution < 1.29 is 19.4 Å². The molecule has 2 heterocycles. The molecule has 0 unspecified atom stereocenters. The van der Waals surface area contributed by atoms with Gasteiger partial charge in [0.05, 0.1) is 12.8 Å². The molecule has 1 amide bonds. The number of carbonyl (C=O) groups is 2. The van der Waals surface area contributed by atoms with Crippen molar-refractivity contribution in [3.05, 3.63) is 40.6 Å². The molecule has 1 aliphatic carbocycles. The maximum atomic E-state index is 12.8. The predicted octanol–water partition coefficient (Wildman–Crippen LogP) is 2.91. The molecule has 162 valence electrons. The summed E-state index contributed by atoms with van der Waals surface area (Å²) in [6, 6.07) is 8.09. The third kappa shape index (κ3) is 4.31. The maximum Gasteiger partial charge on any atom is 0.290 e. The number of ether oxygens (including phenoxy) is 1. The van der Waals surface area contributed by atoms with Crippen molar-refractivity contribution in [2.24, 2.45) is 5.92 Å². The number of hydrogen-bond acceptors (Lipinski definition) is 6. The summed E-state index contributed by atoms with van der Waals surface area (Å²) in [5.41, 5.74) is 10.9. The number of methoxy groups -OCH3 is 1. The first-order chi connectivity index (χ1) is 14.9. The highest BCUT2D eigenvalue weighted by atomic mass is 16.5. The fourth-order valence-electron chi connectivity index (χ4n) is 4.09. The minimum atomic E-state index is -0.250. The number of carboxylic acid groups (broad SMARTS) is 1. The SMILES string of the molecule is COc1cc(-c2c(C#N)c(N)nc3c2CN(C(=O)C2CCC2)CC3)ccc1C.O=CO. The molecule has 3 N–H and O–H groups in total. The second kappa shape index (κ2) is 9.47. The van der Waals surface area contributed by atoms with E-state index in [0.29, 0.717) is 25.1 Å². The molecular weight excluding hydrogens is 396 g/mol. The van der Waals surface area contributed by atoms with Crippen LogP contribution in [-0.2, 0) is 22.6 Å². The molecule has 0 spiro atoms. The minimum Gasteiger partial charge on any atom is -0.496 e. The molecular formula is C23H26N4O4. The van der Waals surface area contributed by atoms with E-state index >= 15 is 0 Å². The van der Waals surface area contributed by atoms with Gasteiger partial charge in [-0.1, -0.05) is 18.6 Å². The Hall–Kier alpha value is -3.60. The topological polar surface area (TPSA) is 130 Å². The van der Waals surface area contributed by atoms with Gasteiger partial charge >= 0.3 is 0 Å². The van der Waals surface area contributed by atoms with E-state index in [9.17, 15) is 10.1 Å². The Labute approximate surface area is 181 Å². The van der Waals surface area contributed by atoms with E-state index in [1.807, 2.05) is 30.0 Å². The summed E-state index contributed by atoms with van der Waals surface area (Å²) in [4.78, 5) is 27.6. The molecule has 1 aromatic heterocycles. The summed E-state index contributed by atoms with van der Waals surface area (Å²) in [6.45, 7) is 2.85. The molecule has 1 fully saturated rings. The first kappa shape index (κ1) is 22.1. The Balaban J connectivity index is 0.000000858. The van der Waals surface area contributed by atoms with Crippen LogP contribution >= 0.6 is 0 Å². The van der Waals surface area contributed by atoms with Crippen LogP contribution in [0.4, 0.5) is 5.82 Å².